The third kappa shape index (κ3) is 4.83. The number of hydrogen-bond acceptors (Lipinski definition) is 3. The van der Waals surface area contributed by atoms with E-state index in [4.69, 9.17) is 0 Å². The van der Waals surface area contributed by atoms with Gasteiger partial charge in [0.15, 0.2) is 17.4 Å². The molecule has 0 aliphatic carbocycles. The molecule has 2 amide bonds. The van der Waals surface area contributed by atoms with Gasteiger partial charge in [0, 0.05) is 31.0 Å². The van der Waals surface area contributed by atoms with Crippen LogP contribution in [-0.4, -0.2) is 24.5 Å². The average molecular weight is 334 g/mol. The monoisotopic (exact) mass is 334 g/mol. The molecule has 5 nitrogen and oxygen atoms in total. The van der Waals surface area contributed by atoms with Gasteiger partial charge in [-0.2, -0.15) is 8.78 Å². The van der Waals surface area contributed by atoms with Crippen molar-refractivity contribution in [3.05, 3.63) is 23.8 Å². The Morgan fingerprint density at radius 1 is 1.35 bits per heavy atom. The van der Waals surface area contributed by atoms with Crippen LogP contribution < -0.4 is 15.4 Å². The molecule has 0 bridgehead atoms. The van der Waals surface area contributed by atoms with Gasteiger partial charge in [-0.25, -0.2) is 8.78 Å². The first kappa shape index (κ1) is 17.0. The van der Waals surface area contributed by atoms with Crippen LogP contribution in [0.15, 0.2) is 12.1 Å². The highest BCUT2D eigenvalue weighted by atomic mass is 19.3. The first-order valence-corrected chi connectivity index (χ1v) is 6.88. The lowest BCUT2D eigenvalue weighted by Gasteiger charge is -2.22. The van der Waals surface area contributed by atoms with Crippen LogP contribution in [0.3, 0.4) is 0 Å². The number of benzene rings is 1. The predicted octanol–water partition coefficient (Wildman–Crippen LogP) is 2.56. The minimum Gasteiger partial charge on any atom is -0.432 e. The van der Waals surface area contributed by atoms with Gasteiger partial charge >= 0.3 is 6.61 Å². The number of amides is 2. The van der Waals surface area contributed by atoms with Crippen molar-refractivity contribution in [3.8, 4) is 5.75 Å². The summed E-state index contributed by atoms with van der Waals surface area (Å²) in [4.78, 5) is 23.0. The van der Waals surface area contributed by atoms with Gasteiger partial charge < -0.3 is 15.4 Å². The maximum absolute atomic E-state index is 13.7. The van der Waals surface area contributed by atoms with Gasteiger partial charge in [0.25, 0.3) is 0 Å². The lowest BCUT2D eigenvalue weighted by atomic mass is 10.0. The lowest BCUT2D eigenvalue weighted by Crippen LogP contribution is -2.40. The maximum atomic E-state index is 13.7. The van der Waals surface area contributed by atoms with Gasteiger partial charge in [0.05, 0.1) is 5.69 Å². The summed E-state index contributed by atoms with van der Waals surface area (Å²) in [6, 6.07) is 0.620. The number of nitrogens with one attached hydrogen (secondary N) is 2. The van der Waals surface area contributed by atoms with Crippen LogP contribution in [-0.2, 0) is 9.59 Å². The SMILES string of the molecule is O=C(CC1CCCC(=O)N1)Nc1cc(F)c(OC(F)F)cc1F. The third-order valence-corrected chi connectivity index (χ3v) is 3.27. The highest BCUT2D eigenvalue weighted by molar-refractivity contribution is 5.91. The van der Waals surface area contributed by atoms with Crippen molar-refractivity contribution < 1.29 is 31.9 Å². The molecule has 1 saturated heterocycles. The highest BCUT2D eigenvalue weighted by Gasteiger charge is 2.22. The zero-order valence-corrected chi connectivity index (χ0v) is 11.9. The fraction of sp³-hybridized carbons (Fsp3) is 0.429. The van der Waals surface area contributed by atoms with Crippen molar-refractivity contribution in [3.63, 3.8) is 0 Å². The number of halogens is 4. The number of carbonyl (C=O) groups excluding carboxylic acids is 2. The summed E-state index contributed by atoms with van der Waals surface area (Å²) in [6.45, 7) is -3.29. The summed E-state index contributed by atoms with van der Waals surface area (Å²) in [7, 11) is 0. The van der Waals surface area contributed by atoms with Crippen LogP contribution in [0.1, 0.15) is 25.7 Å². The second-order valence-electron chi connectivity index (χ2n) is 5.05. The zero-order chi connectivity index (χ0) is 17.0. The first-order chi connectivity index (χ1) is 10.8. The molecule has 0 radical (unpaired) electrons. The normalized spacial score (nSPS) is 17.8. The molecule has 9 heteroatoms. The van der Waals surface area contributed by atoms with Gasteiger partial charge in [-0.1, -0.05) is 0 Å². The van der Waals surface area contributed by atoms with Gasteiger partial charge in [-0.05, 0) is 12.8 Å². The standard InChI is InChI=1S/C14H14F4N2O3/c15-8-6-11(23-14(17)18)9(16)5-10(8)20-13(22)4-7-2-1-3-12(21)19-7/h5-7,14H,1-4H2,(H,19,21)(H,20,22). The summed E-state index contributed by atoms with van der Waals surface area (Å²) in [6.07, 6.45) is 1.55. The fourth-order valence-corrected chi connectivity index (χ4v) is 2.27. The van der Waals surface area contributed by atoms with E-state index in [1.807, 2.05) is 0 Å². The Hall–Kier alpha value is -2.32. The van der Waals surface area contributed by atoms with Crippen molar-refractivity contribution in [2.24, 2.45) is 0 Å². The van der Waals surface area contributed by atoms with Gasteiger partial charge in [-0.15, -0.1) is 0 Å². The molecular formula is C14H14F4N2O3. The van der Waals surface area contributed by atoms with Crippen LogP contribution in [0.25, 0.3) is 0 Å². The van der Waals surface area contributed by atoms with Crippen LogP contribution in [0.5, 0.6) is 5.75 Å². The van der Waals surface area contributed by atoms with E-state index in [1.165, 1.54) is 0 Å². The van der Waals surface area contributed by atoms with Gasteiger partial charge in [0.2, 0.25) is 11.8 Å². The van der Waals surface area contributed by atoms with E-state index in [2.05, 4.69) is 15.4 Å². The third-order valence-electron chi connectivity index (χ3n) is 3.27. The highest BCUT2D eigenvalue weighted by Crippen LogP contribution is 2.26. The Kier molecular flexibility index (Phi) is 5.41. The van der Waals surface area contributed by atoms with Crippen molar-refractivity contribution in [2.45, 2.75) is 38.3 Å². The van der Waals surface area contributed by atoms with E-state index >= 15 is 0 Å². The summed E-state index contributed by atoms with van der Waals surface area (Å²) in [5.41, 5.74) is -0.490. The van der Waals surface area contributed by atoms with Crippen molar-refractivity contribution >= 4 is 17.5 Å². The second kappa shape index (κ2) is 7.30. The van der Waals surface area contributed by atoms with Crippen molar-refractivity contribution in [1.82, 2.24) is 5.32 Å². The Balaban J connectivity index is 2.00. The van der Waals surface area contributed by atoms with E-state index in [0.29, 0.717) is 31.4 Å². The number of rotatable bonds is 5. The summed E-state index contributed by atoms with van der Waals surface area (Å²) in [5, 5.41) is 4.76. The molecule has 1 aliphatic heterocycles. The number of anilines is 1. The largest absolute Gasteiger partial charge is 0.432 e. The minimum atomic E-state index is -3.29. The van der Waals surface area contributed by atoms with Crippen LogP contribution >= 0.6 is 0 Å². The molecular weight excluding hydrogens is 320 g/mol. The number of carbonyl (C=O) groups is 2. The summed E-state index contributed by atoms with van der Waals surface area (Å²) < 4.78 is 55.1. The average Bonchev–Trinajstić information content (AvgIpc) is 2.43. The number of ether oxygens (including phenoxy) is 1. The molecule has 0 saturated carbocycles. The van der Waals surface area contributed by atoms with Crippen LogP contribution in [0.4, 0.5) is 23.2 Å². The molecule has 1 aromatic carbocycles. The van der Waals surface area contributed by atoms with E-state index in [0.717, 1.165) is 0 Å². The summed E-state index contributed by atoms with van der Waals surface area (Å²) in [5.74, 6) is -4.08. The summed E-state index contributed by atoms with van der Waals surface area (Å²) >= 11 is 0. The van der Waals surface area contributed by atoms with E-state index in [9.17, 15) is 27.2 Å². The lowest BCUT2D eigenvalue weighted by molar-refractivity contribution is -0.124. The van der Waals surface area contributed by atoms with Gasteiger partial charge in [0.1, 0.15) is 0 Å². The quantitative estimate of drug-likeness (QED) is 0.813. The second-order valence-corrected chi connectivity index (χ2v) is 5.05. The Morgan fingerprint density at radius 3 is 2.74 bits per heavy atom. The first-order valence-electron chi connectivity index (χ1n) is 6.88. The van der Waals surface area contributed by atoms with Crippen LogP contribution in [0, 0.1) is 11.6 Å². The molecule has 1 aliphatic rings. The number of piperidine rings is 1. The van der Waals surface area contributed by atoms with Gasteiger partial charge in [-0.3, -0.25) is 9.59 Å². The van der Waals surface area contributed by atoms with E-state index in [1.54, 1.807) is 0 Å². The molecule has 23 heavy (non-hydrogen) atoms. The number of alkyl halides is 2. The predicted molar refractivity (Wildman–Crippen MR) is 72.0 cm³/mol. The zero-order valence-electron chi connectivity index (χ0n) is 11.9. The molecule has 1 fully saturated rings. The maximum Gasteiger partial charge on any atom is 0.387 e. The van der Waals surface area contributed by atoms with E-state index in [-0.39, 0.29) is 18.4 Å². The topological polar surface area (TPSA) is 67.4 Å². The molecule has 1 heterocycles. The smallest absolute Gasteiger partial charge is 0.387 e. The molecule has 2 N–H and O–H groups in total. The van der Waals surface area contributed by atoms with Crippen LogP contribution in [0.2, 0.25) is 0 Å². The molecule has 1 aromatic rings. The molecule has 0 aromatic heterocycles. The molecule has 1 unspecified atom stereocenters. The molecule has 1 atom stereocenters. The fourth-order valence-electron chi connectivity index (χ4n) is 2.27. The Bertz CT molecular complexity index is 610. The van der Waals surface area contributed by atoms with Crippen molar-refractivity contribution in [1.29, 1.82) is 0 Å². The minimum absolute atomic E-state index is 0.0952. The molecule has 2 rings (SSSR count). The molecule has 126 valence electrons. The number of hydrogen-bond donors (Lipinski definition) is 2. The molecule has 0 spiro atoms. The Morgan fingerprint density at radius 2 is 2.09 bits per heavy atom. The van der Waals surface area contributed by atoms with Crippen molar-refractivity contribution in [2.75, 3.05) is 5.32 Å². The Labute approximate surface area is 129 Å². The van der Waals surface area contributed by atoms with E-state index < -0.39 is 35.6 Å².